The van der Waals surface area contributed by atoms with Gasteiger partial charge in [0.05, 0.1) is 17.4 Å². The van der Waals surface area contributed by atoms with Crippen LogP contribution in [0.2, 0.25) is 5.02 Å². The Hall–Kier alpha value is -3.15. The van der Waals surface area contributed by atoms with Crippen LogP contribution in [0.15, 0.2) is 47.6 Å². The topological polar surface area (TPSA) is 98.0 Å². The number of benzene rings is 2. The Morgan fingerprint density at radius 3 is 2.44 bits per heavy atom. The summed E-state index contributed by atoms with van der Waals surface area (Å²) in [5.74, 6) is 0.0403. The fourth-order valence-electron chi connectivity index (χ4n) is 4.55. The summed E-state index contributed by atoms with van der Waals surface area (Å²) in [6.07, 6.45) is 3.54. The lowest BCUT2D eigenvalue weighted by atomic mass is 9.92. The van der Waals surface area contributed by atoms with Gasteiger partial charge in [-0.05, 0) is 73.3 Å². The summed E-state index contributed by atoms with van der Waals surface area (Å²) >= 11 is 5.97. The van der Waals surface area contributed by atoms with Gasteiger partial charge in [0.2, 0.25) is 5.91 Å². The van der Waals surface area contributed by atoms with E-state index in [4.69, 9.17) is 16.3 Å². The molecule has 178 valence electrons. The van der Waals surface area contributed by atoms with E-state index in [9.17, 15) is 15.0 Å². The SMILES string of the molecule is N#Cc1cc(N=O)ccc1NC1CCC(OCC(=O)N2CCN(c3ccc(Cl)cc3)CC2)CC1. The molecule has 1 amide bonds. The van der Waals surface area contributed by atoms with Gasteiger partial charge in [0, 0.05) is 42.9 Å². The first-order valence-electron chi connectivity index (χ1n) is 11.6. The molecule has 9 heteroatoms. The second kappa shape index (κ2) is 11.3. The van der Waals surface area contributed by atoms with Gasteiger partial charge in [-0.15, -0.1) is 4.91 Å². The van der Waals surface area contributed by atoms with E-state index in [-0.39, 0.29) is 30.3 Å². The molecule has 0 radical (unpaired) electrons. The van der Waals surface area contributed by atoms with Gasteiger partial charge in [0.1, 0.15) is 18.4 Å². The molecule has 2 aliphatic rings. The fraction of sp³-hybridized carbons (Fsp3) is 0.440. The predicted octanol–water partition coefficient (Wildman–Crippen LogP) is 4.70. The van der Waals surface area contributed by atoms with Crippen molar-refractivity contribution in [2.75, 3.05) is 43.0 Å². The molecule has 1 N–H and O–H groups in total. The molecule has 1 aliphatic carbocycles. The van der Waals surface area contributed by atoms with Gasteiger partial charge in [-0.25, -0.2) is 0 Å². The summed E-state index contributed by atoms with van der Waals surface area (Å²) in [6, 6.07) is 14.9. The number of hydrogen-bond acceptors (Lipinski definition) is 7. The van der Waals surface area contributed by atoms with Crippen molar-refractivity contribution in [3.63, 3.8) is 0 Å². The minimum Gasteiger partial charge on any atom is -0.381 e. The zero-order valence-corrected chi connectivity index (χ0v) is 19.7. The molecule has 8 nitrogen and oxygen atoms in total. The van der Waals surface area contributed by atoms with Crippen LogP contribution in [0.4, 0.5) is 17.1 Å². The number of amides is 1. The van der Waals surface area contributed by atoms with Crippen molar-refractivity contribution in [1.82, 2.24) is 4.90 Å². The highest BCUT2D eigenvalue weighted by Gasteiger charge is 2.25. The van der Waals surface area contributed by atoms with Gasteiger partial charge in [0.15, 0.2) is 0 Å². The summed E-state index contributed by atoms with van der Waals surface area (Å²) < 4.78 is 5.95. The van der Waals surface area contributed by atoms with Crippen LogP contribution in [0, 0.1) is 16.2 Å². The zero-order chi connectivity index (χ0) is 23.9. The number of nitriles is 1. The number of anilines is 2. The van der Waals surface area contributed by atoms with Gasteiger partial charge >= 0.3 is 0 Å². The second-order valence-corrected chi connectivity index (χ2v) is 9.14. The van der Waals surface area contributed by atoms with Crippen LogP contribution in [-0.4, -0.2) is 55.7 Å². The summed E-state index contributed by atoms with van der Waals surface area (Å²) in [6.45, 7) is 3.06. The minimum absolute atomic E-state index is 0.0403. The molecule has 0 unspecified atom stereocenters. The van der Waals surface area contributed by atoms with Crippen molar-refractivity contribution in [1.29, 1.82) is 5.26 Å². The standard InChI is InChI=1S/C25H28ClN5O3/c26-19-1-6-22(7-2-19)30-11-13-31(14-12-30)25(32)17-34-23-8-3-20(4-9-23)28-24-10-5-21(29-33)15-18(24)16-27/h1-2,5-7,10,15,20,23,28H,3-4,8-9,11-14,17H2. The van der Waals surface area contributed by atoms with E-state index in [0.717, 1.165) is 49.5 Å². The smallest absolute Gasteiger partial charge is 0.248 e. The van der Waals surface area contributed by atoms with E-state index in [0.29, 0.717) is 24.3 Å². The number of carbonyl (C=O) groups is 1. The van der Waals surface area contributed by atoms with Gasteiger partial charge in [-0.1, -0.05) is 11.6 Å². The van der Waals surface area contributed by atoms with E-state index in [1.54, 1.807) is 12.1 Å². The second-order valence-electron chi connectivity index (χ2n) is 8.71. The lowest BCUT2D eigenvalue weighted by molar-refractivity contribution is -0.139. The van der Waals surface area contributed by atoms with Crippen LogP contribution in [0.5, 0.6) is 0 Å². The van der Waals surface area contributed by atoms with Crippen molar-refractivity contribution in [2.24, 2.45) is 5.18 Å². The molecule has 2 fully saturated rings. The molecule has 4 rings (SSSR count). The number of ether oxygens (including phenoxy) is 1. The third-order valence-corrected chi connectivity index (χ3v) is 6.78. The van der Waals surface area contributed by atoms with E-state index in [1.807, 2.05) is 29.2 Å². The molecular formula is C25H28ClN5O3. The first-order valence-corrected chi connectivity index (χ1v) is 12.0. The van der Waals surface area contributed by atoms with E-state index >= 15 is 0 Å². The number of nitrogens with one attached hydrogen (secondary N) is 1. The highest BCUT2D eigenvalue weighted by molar-refractivity contribution is 6.30. The Bertz CT molecular complexity index is 1040. The van der Waals surface area contributed by atoms with Crippen molar-refractivity contribution in [3.05, 3.63) is 58.0 Å². The molecule has 2 aromatic carbocycles. The lowest BCUT2D eigenvalue weighted by Gasteiger charge is -2.36. The van der Waals surface area contributed by atoms with E-state index in [2.05, 4.69) is 21.5 Å². The summed E-state index contributed by atoms with van der Waals surface area (Å²) in [5, 5.41) is 16.3. The Morgan fingerprint density at radius 1 is 1.09 bits per heavy atom. The molecule has 1 aliphatic heterocycles. The van der Waals surface area contributed by atoms with Gasteiger partial charge in [-0.2, -0.15) is 5.26 Å². The minimum atomic E-state index is 0.0403. The quantitative estimate of drug-likeness (QED) is 0.575. The van der Waals surface area contributed by atoms with Crippen molar-refractivity contribution in [3.8, 4) is 6.07 Å². The first-order chi connectivity index (χ1) is 16.6. The Kier molecular flexibility index (Phi) is 7.99. The van der Waals surface area contributed by atoms with E-state index < -0.39 is 0 Å². The predicted molar refractivity (Wildman–Crippen MR) is 132 cm³/mol. The molecule has 0 spiro atoms. The fourth-order valence-corrected chi connectivity index (χ4v) is 4.67. The molecule has 1 heterocycles. The van der Waals surface area contributed by atoms with Crippen LogP contribution in [0.3, 0.4) is 0 Å². The first kappa shape index (κ1) is 24.0. The van der Waals surface area contributed by atoms with Gasteiger partial charge in [0.25, 0.3) is 0 Å². The maximum Gasteiger partial charge on any atom is 0.248 e. The lowest BCUT2D eigenvalue weighted by Crippen LogP contribution is -2.50. The molecule has 1 saturated heterocycles. The third kappa shape index (κ3) is 6.04. The van der Waals surface area contributed by atoms with Crippen LogP contribution >= 0.6 is 11.6 Å². The molecule has 2 aromatic rings. The van der Waals surface area contributed by atoms with Gasteiger partial charge in [-0.3, -0.25) is 4.79 Å². The van der Waals surface area contributed by atoms with Crippen LogP contribution in [-0.2, 0) is 9.53 Å². The van der Waals surface area contributed by atoms with Gasteiger partial charge < -0.3 is 19.9 Å². The van der Waals surface area contributed by atoms with Crippen LogP contribution in [0.25, 0.3) is 0 Å². The largest absolute Gasteiger partial charge is 0.381 e. The Labute approximate surface area is 204 Å². The highest BCUT2D eigenvalue weighted by atomic mass is 35.5. The summed E-state index contributed by atoms with van der Waals surface area (Å²) in [5.41, 5.74) is 2.50. The Balaban J connectivity index is 1.17. The maximum absolute atomic E-state index is 12.6. The van der Waals surface area contributed by atoms with Crippen molar-refractivity contribution < 1.29 is 9.53 Å². The molecule has 0 aromatic heterocycles. The van der Waals surface area contributed by atoms with Crippen molar-refractivity contribution >= 4 is 34.6 Å². The number of hydrogen-bond donors (Lipinski definition) is 1. The molecule has 0 bridgehead atoms. The Morgan fingerprint density at radius 2 is 1.79 bits per heavy atom. The van der Waals surface area contributed by atoms with Crippen LogP contribution < -0.4 is 10.2 Å². The van der Waals surface area contributed by atoms with Crippen molar-refractivity contribution in [2.45, 2.75) is 37.8 Å². The number of nitrogens with zero attached hydrogens (tertiary/aromatic N) is 4. The third-order valence-electron chi connectivity index (χ3n) is 6.53. The molecule has 0 atom stereocenters. The van der Waals surface area contributed by atoms with E-state index in [1.165, 1.54) is 6.07 Å². The zero-order valence-electron chi connectivity index (χ0n) is 19.0. The number of halogens is 1. The average molecular weight is 482 g/mol. The summed E-state index contributed by atoms with van der Waals surface area (Å²) in [7, 11) is 0. The van der Waals surface area contributed by atoms with Crippen LogP contribution in [0.1, 0.15) is 31.2 Å². The summed E-state index contributed by atoms with van der Waals surface area (Å²) in [4.78, 5) is 27.5. The molecule has 34 heavy (non-hydrogen) atoms. The average Bonchev–Trinajstić information content (AvgIpc) is 2.89. The normalized spacial score (nSPS) is 20.5. The molecule has 1 saturated carbocycles. The number of carbonyl (C=O) groups excluding carboxylic acids is 1. The maximum atomic E-state index is 12.6. The number of rotatable bonds is 7. The monoisotopic (exact) mass is 481 g/mol. The molecular weight excluding hydrogens is 454 g/mol. The highest BCUT2D eigenvalue weighted by Crippen LogP contribution is 2.28. The number of piperazine rings is 1. The number of nitroso groups, excluding NO2 is 1.